The average Bonchev–Trinajstić information content (AvgIpc) is 2.37. The summed E-state index contributed by atoms with van der Waals surface area (Å²) in [6.45, 7) is 1.77. The molecule has 0 saturated carbocycles. The lowest BCUT2D eigenvalue weighted by molar-refractivity contribution is -0.384. The van der Waals surface area contributed by atoms with Crippen LogP contribution in [0.15, 0.2) is 12.3 Å². The molecule has 1 unspecified atom stereocenters. The van der Waals surface area contributed by atoms with Gasteiger partial charge in [0.2, 0.25) is 0 Å². The lowest BCUT2D eigenvalue weighted by atomic mass is 10.2. The first kappa shape index (κ1) is 16.3. The molecule has 1 aromatic heterocycles. The Morgan fingerprint density at radius 2 is 2.15 bits per heavy atom. The largest absolute Gasteiger partial charge is 0.433 e. The maximum Gasteiger partial charge on any atom is 0.433 e. The normalized spacial score (nSPS) is 13.0. The van der Waals surface area contributed by atoms with E-state index in [9.17, 15) is 27.5 Å². The van der Waals surface area contributed by atoms with Crippen LogP contribution in [-0.4, -0.2) is 32.2 Å². The van der Waals surface area contributed by atoms with Gasteiger partial charge in [0.05, 0.1) is 4.92 Å². The summed E-state index contributed by atoms with van der Waals surface area (Å²) >= 11 is 0. The predicted molar refractivity (Wildman–Crippen MR) is 67.9 cm³/mol. The summed E-state index contributed by atoms with van der Waals surface area (Å²) in [7, 11) is -1.11. The van der Waals surface area contributed by atoms with Gasteiger partial charge in [-0.3, -0.25) is 14.3 Å². The van der Waals surface area contributed by atoms with Crippen molar-refractivity contribution in [2.24, 2.45) is 0 Å². The van der Waals surface area contributed by atoms with Gasteiger partial charge in [-0.25, -0.2) is 4.98 Å². The minimum Gasteiger partial charge on any atom is -0.378 e. The average molecular weight is 311 g/mol. The highest BCUT2D eigenvalue weighted by Crippen LogP contribution is 2.32. The lowest BCUT2D eigenvalue weighted by Crippen LogP contribution is -2.15. The monoisotopic (exact) mass is 311 g/mol. The molecule has 20 heavy (non-hydrogen) atoms. The second-order valence-electron chi connectivity index (χ2n) is 3.70. The number of nitrogens with one attached hydrogen (secondary N) is 1. The first-order chi connectivity index (χ1) is 9.25. The Hall–Kier alpha value is -1.71. The molecule has 0 aliphatic heterocycles. The Bertz CT molecular complexity index is 522. The van der Waals surface area contributed by atoms with E-state index in [-0.39, 0.29) is 18.0 Å². The van der Waals surface area contributed by atoms with Gasteiger partial charge in [-0.15, -0.1) is 0 Å². The van der Waals surface area contributed by atoms with Gasteiger partial charge in [-0.1, -0.05) is 6.92 Å². The van der Waals surface area contributed by atoms with Crippen molar-refractivity contribution in [1.82, 2.24) is 4.98 Å². The SMILES string of the molecule is CCS(=O)CCNc1cc(C(F)(F)F)ncc1[N+](=O)[O-]. The first-order valence-electron chi connectivity index (χ1n) is 5.56. The van der Waals surface area contributed by atoms with Crippen LogP contribution in [0, 0.1) is 10.1 Å². The maximum absolute atomic E-state index is 12.5. The van der Waals surface area contributed by atoms with Crippen molar-refractivity contribution in [3.63, 3.8) is 0 Å². The smallest absolute Gasteiger partial charge is 0.378 e. The molecule has 112 valence electrons. The molecular weight excluding hydrogens is 299 g/mol. The van der Waals surface area contributed by atoms with Crippen LogP contribution < -0.4 is 5.32 Å². The van der Waals surface area contributed by atoms with Gasteiger partial charge in [0.15, 0.2) is 0 Å². The summed E-state index contributed by atoms with van der Waals surface area (Å²) in [5.74, 6) is 0.602. The molecule has 0 amide bonds. The van der Waals surface area contributed by atoms with Crippen LogP contribution in [0.5, 0.6) is 0 Å². The number of halogens is 3. The van der Waals surface area contributed by atoms with Crippen molar-refractivity contribution in [2.75, 3.05) is 23.4 Å². The third kappa shape index (κ3) is 4.44. The van der Waals surface area contributed by atoms with Crippen molar-refractivity contribution in [3.05, 3.63) is 28.1 Å². The molecule has 1 rings (SSSR count). The standard InChI is InChI=1S/C10H12F3N3O3S/c1-2-20(19)4-3-14-7-5-9(10(11,12)13)15-6-8(7)16(17)18/h5-6H,2-4H2,1H3,(H,14,15). The number of anilines is 1. The van der Waals surface area contributed by atoms with E-state index >= 15 is 0 Å². The number of aromatic nitrogens is 1. The zero-order chi connectivity index (χ0) is 15.3. The summed E-state index contributed by atoms with van der Waals surface area (Å²) < 4.78 is 48.7. The number of hydrogen-bond donors (Lipinski definition) is 1. The van der Waals surface area contributed by atoms with E-state index in [4.69, 9.17) is 0 Å². The van der Waals surface area contributed by atoms with E-state index in [1.165, 1.54) is 0 Å². The quantitative estimate of drug-likeness (QED) is 0.643. The highest BCUT2D eigenvalue weighted by molar-refractivity contribution is 7.84. The molecule has 1 N–H and O–H groups in total. The molecule has 1 atom stereocenters. The molecule has 0 bridgehead atoms. The summed E-state index contributed by atoms with van der Waals surface area (Å²) in [4.78, 5) is 12.9. The predicted octanol–water partition coefficient (Wildman–Crippen LogP) is 2.19. The molecule has 6 nitrogen and oxygen atoms in total. The molecule has 0 spiro atoms. The van der Waals surface area contributed by atoms with E-state index in [0.717, 1.165) is 0 Å². The van der Waals surface area contributed by atoms with Gasteiger partial charge in [-0.05, 0) is 6.07 Å². The molecule has 0 radical (unpaired) electrons. The molecule has 1 aromatic rings. The second kappa shape index (κ2) is 6.64. The molecule has 10 heteroatoms. The molecule has 0 aromatic carbocycles. The number of nitrogens with zero attached hydrogens (tertiary/aromatic N) is 2. The fourth-order valence-corrected chi connectivity index (χ4v) is 1.95. The first-order valence-corrected chi connectivity index (χ1v) is 7.05. The van der Waals surface area contributed by atoms with Gasteiger partial charge in [0, 0.05) is 28.9 Å². The Morgan fingerprint density at radius 1 is 1.50 bits per heavy atom. The fraction of sp³-hybridized carbons (Fsp3) is 0.500. The molecule has 0 aliphatic carbocycles. The van der Waals surface area contributed by atoms with Crippen LogP contribution in [0.3, 0.4) is 0 Å². The van der Waals surface area contributed by atoms with E-state index in [1.54, 1.807) is 6.92 Å². The van der Waals surface area contributed by atoms with E-state index in [0.29, 0.717) is 18.0 Å². The van der Waals surface area contributed by atoms with Crippen molar-refractivity contribution < 1.29 is 22.3 Å². The molecular formula is C10H12F3N3O3S. The number of alkyl halides is 3. The van der Waals surface area contributed by atoms with Crippen molar-refractivity contribution in [3.8, 4) is 0 Å². The van der Waals surface area contributed by atoms with Gasteiger partial charge in [-0.2, -0.15) is 13.2 Å². The van der Waals surface area contributed by atoms with Crippen LogP contribution in [-0.2, 0) is 17.0 Å². The summed E-state index contributed by atoms with van der Waals surface area (Å²) in [6, 6.07) is 0.576. The van der Waals surface area contributed by atoms with Crippen LogP contribution >= 0.6 is 0 Å². The van der Waals surface area contributed by atoms with Gasteiger partial charge < -0.3 is 5.32 Å². The number of nitro groups is 1. The maximum atomic E-state index is 12.5. The Morgan fingerprint density at radius 3 is 2.65 bits per heavy atom. The third-order valence-corrected chi connectivity index (χ3v) is 3.64. The van der Waals surface area contributed by atoms with Crippen LogP contribution in [0.25, 0.3) is 0 Å². The van der Waals surface area contributed by atoms with Gasteiger partial charge >= 0.3 is 11.9 Å². The van der Waals surface area contributed by atoms with Gasteiger partial charge in [0.25, 0.3) is 0 Å². The molecule has 0 aliphatic rings. The van der Waals surface area contributed by atoms with E-state index in [2.05, 4.69) is 10.3 Å². The number of pyridine rings is 1. The fourth-order valence-electron chi connectivity index (χ4n) is 1.33. The minimum atomic E-state index is -4.68. The summed E-state index contributed by atoms with van der Waals surface area (Å²) in [6.07, 6.45) is -4.13. The highest BCUT2D eigenvalue weighted by Gasteiger charge is 2.34. The van der Waals surface area contributed by atoms with Crippen molar-refractivity contribution >= 4 is 22.2 Å². The highest BCUT2D eigenvalue weighted by atomic mass is 32.2. The number of rotatable bonds is 6. The van der Waals surface area contributed by atoms with Crippen molar-refractivity contribution in [2.45, 2.75) is 13.1 Å². The van der Waals surface area contributed by atoms with E-state index in [1.807, 2.05) is 0 Å². The van der Waals surface area contributed by atoms with Crippen LogP contribution in [0.1, 0.15) is 12.6 Å². The number of hydrogen-bond acceptors (Lipinski definition) is 5. The minimum absolute atomic E-state index is 0.0720. The Balaban J connectivity index is 2.95. The summed E-state index contributed by atoms with van der Waals surface area (Å²) in [5.41, 5.74) is -2.06. The topological polar surface area (TPSA) is 85.1 Å². The zero-order valence-electron chi connectivity index (χ0n) is 10.4. The van der Waals surface area contributed by atoms with Crippen LogP contribution in [0.2, 0.25) is 0 Å². The second-order valence-corrected chi connectivity index (χ2v) is 5.57. The molecule has 0 saturated heterocycles. The third-order valence-electron chi connectivity index (χ3n) is 2.34. The zero-order valence-corrected chi connectivity index (χ0v) is 11.3. The van der Waals surface area contributed by atoms with Crippen molar-refractivity contribution in [1.29, 1.82) is 0 Å². The molecule has 1 heterocycles. The van der Waals surface area contributed by atoms with Crippen LogP contribution in [0.4, 0.5) is 24.5 Å². The summed E-state index contributed by atoms with van der Waals surface area (Å²) in [5, 5.41) is 13.2. The molecule has 0 fully saturated rings. The Kier molecular flexibility index (Phi) is 5.43. The Labute approximate surface area is 115 Å². The van der Waals surface area contributed by atoms with Gasteiger partial charge in [0.1, 0.15) is 17.6 Å². The van der Waals surface area contributed by atoms with E-state index < -0.39 is 33.3 Å². The lowest BCUT2D eigenvalue weighted by Gasteiger charge is -2.10.